The van der Waals surface area contributed by atoms with Gasteiger partial charge in [0.15, 0.2) is 0 Å². The SMILES string of the molecule is CCC(C)(OC)C(O)CC1CCCCC1. The van der Waals surface area contributed by atoms with Crippen LogP contribution in [0.2, 0.25) is 0 Å². The highest BCUT2D eigenvalue weighted by Gasteiger charge is 2.32. The van der Waals surface area contributed by atoms with E-state index in [0.29, 0.717) is 0 Å². The van der Waals surface area contributed by atoms with Crippen molar-refractivity contribution in [3.63, 3.8) is 0 Å². The first-order chi connectivity index (χ1) is 7.12. The molecule has 2 unspecified atom stereocenters. The highest BCUT2D eigenvalue weighted by molar-refractivity contribution is 4.84. The topological polar surface area (TPSA) is 29.5 Å². The fraction of sp³-hybridized carbons (Fsp3) is 1.00. The van der Waals surface area contributed by atoms with Gasteiger partial charge in [0.2, 0.25) is 0 Å². The molecule has 1 aliphatic rings. The number of hydrogen-bond donors (Lipinski definition) is 1. The van der Waals surface area contributed by atoms with E-state index in [4.69, 9.17) is 4.74 Å². The van der Waals surface area contributed by atoms with E-state index in [1.54, 1.807) is 7.11 Å². The number of ether oxygens (including phenoxy) is 1. The number of hydrogen-bond acceptors (Lipinski definition) is 2. The minimum atomic E-state index is -0.350. The molecule has 1 aliphatic carbocycles. The first-order valence-corrected chi connectivity index (χ1v) is 6.35. The van der Waals surface area contributed by atoms with Gasteiger partial charge in [0, 0.05) is 7.11 Å². The van der Waals surface area contributed by atoms with Gasteiger partial charge >= 0.3 is 0 Å². The molecule has 15 heavy (non-hydrogen) atoms. The van der Waals surface area contributed by atoms with Gasteiger partial charge in [0.1, 0.15) is 0 Å². The van der Waals surface area contributed by atoms with Crippen LogP contribution in [0.4, 0.5) is 0 Å². The van der Waals surface area contributed by atoms with Crippen LogP contribution in [-0.2, 0) is 4.74 Å². The molecular weight excluding hydrogens is 188 g/mol. The second-order valence-corrected chi connectivity index (χ2v) is 5.13. The summed E-state index contributed by atoms with van der Waals surface area (Å²) in [6.45, 7) is 4.09. The molecular formula is C13H26O2. The Morgan fingerprint density at radius 2 is 1.93 bits per heavy atom. The molecule has 0 radical (unpaired) electrons. The van der Waals surface area contributed by atoms with Gasteiger partial charge in [-0.15, -0.1) is 0 Å². The zero-order valence-electron chi connectivity index (χ0n) is 10.5. The number of rotatable bonds is 5. The van der Waals surface area contributed by atoms with Crippen molar-refractivity contribution in [3.8, 4) is 0 Å². The lowest BCUT2D eigenvalue weighted by Gasteiger charge is -2.35. The fourth-order valence-electron chi connectivity index (χ4n) is 2.50. The molecule has 2 heteroatoms. The monoisotopic (exact) mass is 214 g/mol. The van der Waals surface area contributed by atoms with Gasteiger partial charge in [0.25, 0.3) is 0 Å². The van der Waals surface area contributed by atoms with Crippen molar-refractivity contribution in [3.05, 3.63) is 0 Å². The van der Waals surface area contributed by atoms with E-state index in [2.05, 4.69) is 6.92 Å². The van der Waals surface area contributed by atoms with E-state index in [-0.39, 0.29) is 11.7 Å². The Hall–Kier alpha value is -0.0800. The van der Waals surface area contributed by atoms with Crippen LogP contribution < -0.4 is 0 Å². The van der Waals surface area contributed by atoms with Crippen LogP contribution in [0.5, 0.6) is 0 Å². The fourth-order valence-corrected chi connectivity index (χ4v) is 2.50. The van der Waals surface area contributed by atoms with Gasteiger partial charge in [-0.05, 0) is 25.7 Å². The van der Waals surface area contributed by atoms with E-state index < -0.39 is 0 Å². The van der Waals surface area contributed by atoms with E-state index >= 15 is 0 Å². The average Bonchev–Trinajstić information content (AvgIpc) is 2.29. The molecule has 1 N–H and O–H groups in total. The van der Waals surface area contributed by atoms with Crippen LogP contribution in [0, 0.1) is 5.92 Å². The molecule has 0 saturated heterocycles. The minimum Gasteiger partial charge on any atom is -0.390 e. The zero-order chi connectivity index (χ0) is 11.3. The van der Waals surface area contributed by atoms with Crippen LogP contribution in [0.1, 0.15) is 58.8 Å². The predicted molar refractivity (Wildman–Crippen MR) is 62.9 cm³/mol. The lowest BCUT2D eigenvalue weighted by atomic mass is 9.81. The molecule has 1 saturated carbocycles. The van der Waals surface area contributed by atoms with E-state index in [9.17, 15) is 5.11 Å². The molecule has 0 amide bonds. The molecule has 0 aromatic carbocycles. The van der Waals surface area contributed by atoms with Gasteiger partial charge < -0.3 is 9.84 Å². The van der Waals surface area contributed by atoms with Gasteiger partial charge in [-0.2, -0.15) is 0 Å². The molecule has 90 valence electrons. The second-order valence-electron chi connectivity index (χ2n) is 5.13. The van der Waals surface area contributed by atoms with Crippen molar-refractivity contribution in [1.29, 1.82) is 0 Å². The summed E-state index contributed by atoms with van der Waals surface area (Å²) in [6.07, 6.45) is 8.12. The number of aliphatic hydroxyl groups excluding tert-OH is 1. The summed E-state index contributed by atoms with van der Waals surface area (Å²) in [5.41, 5.74) is -0.350. The summed E-state index contributed by atoms with van der Waals surface area (Å²) in [5, 5.41) is 10.2. The lowest BCUT2D eigenvalue weighted by molar-refractivity contribution is -0.101. The van der Waals surface area contributed by atoms with Crippen molar-refractivity contribution in [1.82, 2.24) is 0 Å². The predicted octanol–water partition coefficient (Wildman–Crippen LogP) is 3.13. The van der Waals surface area contributed by atoms with Crippen LogP contribution >= 0.6 is 0 Å². The zero-order valence-corrected chi connectivity index (χ0v) is 10.5. The maximum absolute atomic E-state index is 10.2. The molecule has 0 aromatic heterocycles. The molecule has 1 fully saturated rings. The van der Waals surface area contributed by atoms with Crippen molar-refractivity contribution >= 4 is 0 Å². The summed E-state index contributed by atoms with van der Waals surface area (Å²) in [5.74, 6) is 0.717. The van der Waals surface area contributed by atoms with Crippen LogP contribution in [-0.4, -0.2) is 23.9 Å². The Kier molecular flexibility index (Phi) is 5.07. The highest BCUT2D eigenvalue weighted by Crippen LogP contribution is 2.31. The summed E-state index contributed by atoms with van der Waals surface area (Å²) >= 11 is 0. The average molecular weight is 214 g/mol. The highest BCUT2D eigenvalue weighted by atomic mass is 16.5. The molecule has 1 rings (SSSR count). The largest absolute Gasteiger partial charge is 0.390 e. The summed E-state index contributed by atoms with van der Waals surface area (Å²) in [6, 6.07) is 0. The van der Waals surface area contributed by atoms with Gasteiger partial charge in [-0.3, -0.25) is 0 Å². The van der Waals surface area contributed by atoms with Crippen molar-refractivity contribution in [2.45, 2.75) is 70.5 Å². The van der Waals surface area contributed by atoms with Crippen LogP contribution in [0.25, 0.3) is 0 Å². The Bertz CT molecular complexity index is 169. The molecule has 0 aliphatic heterocycles. The van der Waals surface area contributed by atoms with Gasteiger partial charge in [0.05, 0.1) is 11.7 Å². The van der Waals surface area contributed by atoms with Crippen LogP contribution in [0.15, 0.2) is 0 Å². The van der Waals surface area contributed by atoms with Crippen molar-refractivity contribution < 1.29 is 9.84 Å². The van der Waals surface area contributed by atoms with E-state index in [1.807, 2.05) is 6.92 Å². The number of aliphatic hydroxyl groups is 1. The van der Waals surface area contributed by atoms with Gasteiger partial charge in [-0.25, -0.2) is 0 Å². The van der Waals surface area contributed by atoms with E-state index in [1.165, 1.54) is 32.1 Å². The minimum absolute atomic E-state index is 0.310. The first kappa shape index (κ1) is 13.0. The number of methoxy groups -OCH3 is 1. The third kappa shape index (κ3) is 3.46. The van der Waals surface area contributed by atoms with Crippen LogP contribution in [0.3, 0.4) is 0 Å². The van der Waals surface area contributed by atoms with Crippen molar-refractivity contribution in [2.24, 2.45) is 5.92 Å². The van der Waals surface area contributed by atoms with Gasteiger partial charge in [-0.1, -0.05) is 39.0 Å². The molecule has 0 spiro atoms. The standard InChI is InChI=1S/C13H26O2/c1-4-13(2,15-3)12(14)10-11-8-6-5-7-9-11/h11-12,14H,4-10H2,1-3H3. The summed E-state index contributed by atoms with van der Waals surface area (Å²) in [7, 11) is 1.70. The van der Waals surface area contributed by atoms with Crippen molar-refractivity contribution in [2.75, 3.05) is 7.11 Å². The normalized spacial score (nSPS) is 24.8. The quantitative estimate of drug-likeness (QED) is 0.762. The Morgan fingerprint density at radius 1 is 1.33 bits per heavy atom. The third-order valence-electron chi connectivity index (χ3n) is 4.15. The molecule has 2 nitrogen and oxygen atoms in total. The Balaban J connectivity index is 2.41. The molecule has 0 heterocycles. The third-order valence-corrected chi connectivity index (χ3v) is 4.15. The molecule has 0 aromatic rings. The maximum atomic E-state index is 10.2. The maximum Gasteiger partial charge on any atom is 0.0905 e. The molecule has 2 atom stereocenters. The lowest BCUT2D eigenvalue weighted by Crippen LogP contribution is -2.41. The first-order valence-electron chi connectivity index (χ1n) is 6.35. The molecule has 0 bridgehead atoms. The second kappa shape index (κ2) is 5.86. The van der Waals surface area contributed by atoms with E-state index in [0.717, 1.165) is 18.8 Å². The summed E-state index contributed by atoms with van der Waals surface area (Å²) in [4.78, 5) is 0. The summed E-state index contributed by atoms with van der Waals surface area (Å²) < 4.78 is 5.44. The Labute approximate surface area is 94.0 Å². The Morgan fingerprint density at radius 3 is 2.40 bits per heavy atom. The smallest absolute Gasteiger partial charge is 0.0905 e.